The molecular weight excluding hydrogens is 469 g/mol. The summed E-state index contributed by atoms with van der Waals surface area (Å²) in [6, 6.07) is 22.2. The molecule has 1 N–H and O–H groups in total. The predicted octanol–water partition coefficient (Wildman–Crippen LogP) is 5.92. The molecule has 0 unspecified atom stereocenters. The number of anilines is 1. The fourth-order valence-electron chi connectivity index (χ4n) is 4.55. The number of carbonyl (C=O) groups excluding carboxylic acids is 2. The van der Waals surface area contributed by atoms with Crippen LogP contribution in [0.4, 0.5) is 10.1 Å². The summed E-state index contributed by atoms with van der Waals surface area (Å²) in [5, 5.41) is 12.5. The van der Waals surface area contributed by atoms with E-state index in [1.54, 1.807) is 36.4 Å². The van der Waals surface area contributed by atoms with Crippen LogP contribution in [0.25, 0.3) is 22.6 Å². The molecule has 0 spiro atoms. The second-order valence-corrected chi connectivity index (χ2v) is 8.69. The number of benzene rings is 3. The van der Waals surface area contributed by atoms with Gasteiger partial charge in [0.25, 0.3) is 5.91 Å². The van der Waals surface area contributed by atoms with Crippen molar-refractivity contribution in [2.24, 2.45) is 0 Å². The lowest BCUT2D eigenvalue weighted by molar-refractivity contribution is -0.119. The van der Waals surface area contributed by atoms with E-state index in [0.29, 0.717) is 39.8 Å². The van der Waals surface area contributed by atoms with Gasteiger partial charge >= 0.3 is 5.97 Å². The average Bonchev–Trinajstić information content (AvgIpc) is 2.92. The van der Waals surface area contributed by atoms with Crippen LogP contribution in [-0.4, -0.2) is 23.5 Å². The van der Waals surface area contributed by atoms with Gasteiger partial charge in [-0.3, -0.25) is 4.79 Å². The number of aromatic nitrogens is 1. The first-order valence-electron chi connectivity index (χ1n) is 11.9. The Morgan fingerprint density at radius 3 is 2.59 bits per heavy atom. The van der Waals surface area contributed by atoms with E-state index < -0.39 is 18.5 Å². The van der Waals surface area contributed by atoms with E-state index in [9.17, 15) is 19.2 Å². The molecular formula is C30H22FN3O3. The van der Waals surface area contributed by atoms with Gasteiger partial charge in [0.05, 0.1) is 28.0 Å². The number of para-hydroxylation sites is 2. The molecule has 1 amide bonds. The van der Waals surface area contributed by atoms with Crippen LogP contribution in [0.1, 0.15) is 45.6 Å². The number of hydrogen-bond acceptors (Lipinski definition) is 5. The van der Waals surface area contributed by atoms with Gasteiger partial charge in [0.15, 0.2) is 6.61 Å². The third-order valence-electron chi connectivity index (χ3n) is 6.24. The Balaban J connectivity index is 1.46. The number of hydrogen-bond donors (Lipinski definition) is 1. The number of ether oxygens (including phenoxy) is 1. The summed E-state index contributed by atoms with van der Waals surface area (Å²) in [5.74, 6) is -1.46. The number of fused-ring (bicyclic) bond motifs is 2. The number of carbonyl (C=O) groups is 2. The van der Waals surface area contributed by atoms with Crippen molar-refractivity contribution < 1.29 is 18.7 Å². The summed E-state index contributed by atoms with van der Waals surface area (Å²) in [4.78, 5) is 30.7. The Morgan fingerprint density at radius 1 is 1.03 bits per heavy atom. The SMILES string of the molecule is N#Cc1ccccc1NC(=O)COC(=O)c1c2c(nc3ccccc13)/C(=C/c1ccc(F)cc1)CCC2. The molecule has 7 heteroatoms. The minimum atomic E-state index is -0.610. The molecule has 1 aliphatic rings. The fourth-order valence-corrected chi connectivity index (χ4v) is 4.55. The number of pyridine rings is 1. The van der Waals surface area contributed by atoms with Crippen molar-refractivity contribution in [2.75, 3.05) is 11.9 Å². The van der Waals surface area contributed by atoms with Crippen molar-refractivity contribution >= 4 is 40.1 Å². The van der Waals surface area contributed by atoms with E-state index in [4.69, 9.17) is 9.72 Å². The molecule has 1 aliphatic carbocycles. The molecule has 1 heterocycles. The second kappa shape index (κ2) is 10.4. The average molecular weight is 492 g/mol. The van der Waals surface area contributed by atoms with Crippen molar-refractivity contribution in [1.29, 1.82) is 5.26 Å². The van der Waals surface area contributed by atoms with Gasteiger partial charge in [0.2, 0.25) is 0 Å². The smallest absolute Gasteiger partial charge is 0.339 e. The zero-order valence-corrected chi connectivity index (χ0v) is 19.8. The molecule has 1 aromatic heterocycles. The van der Waals surface area contributed by atoms with Crippen LogP contribution in [0.15, 0.2) is 72.8 Å². The van der Waals surface area contributed by atoms with E-state index in [0.717, 1.165) is 29.5 Å². The molecule has 4 aromatic rings. The summed E-state index contributed by atoms with van der Waals surface area (Å²) >= 11 is 0. The lowest BCUT2D eigenvalue weighted by Crippen LogP contribution is -2.23. The number of rotatable bonds is 5. The maximum atomic E-state index is 13.4. The van der Waals surface area contributed by atoms with Gasteiger partial charge in [0.1, 0.15) is 11.9 Å². The summed E-state index contributed by atoms with van der Waals surface area (Å²) in [5.41, 5.74) is 5.01. The van der Waals surface area contributed by atoms with Crippen LogP contribution in [-0.2, 0) is 16.0 Å². The molecule has 0 radical (unpaired) electrons. The largest absolute Gasteiger partial charge is 0.452 e. The lowest BCUT2D eigenvalue weighted by Gasteiger charge is -2.22. The van der Waals surface area contributed by atoms with Gasteiger partial charge in [-0.05, 0) is 72.4 Å². The van der Waals surface area contributed by atoms with E-state index in [2.05, 4.69) is 5.32 Å². The Labute approximate surface area is 213 Å². The van der Waals surface area contributed by atoms with E-state index in [1.807, 2.05) is 36.4 Å². The van der Waals surface area contributed by atoms with Crippen molar-refractivity contribution in [2.45, 2.75) is 19.3 Å². The molecule has 6 nitrogen and oxygen atoms in total. The Bertz CT molecular complexity index is 1590. The Hall–Kier alpha value is -4.83. The minimum absolute atomic E-state index is 0.305. The number of nitrogens with zero attached hydrogens (tertiary/aromatic N) is 2. The van der Waals surface area contributed by atoms with Gasteiger partial charge in [-0.25, -0.2) is 14.2 Å². The molecule has 37 heavy (non-hydrogen) atoms. The quantitative estimate of drug-likeness (QED) is 0.350. The standard InChI is InChI=1S/C30H22FN3O3/c31-22-14-12-19(13-15-22)16-20-7-5-9-24-28(23-8-2-4-11-26(23)34-29(20)24)30(36)37-18-27(35)33-25-10-3-1-6-21(25)17-32/h1-4,6,8,10-16H,5,7,9,18H2,(H,33,35)/b20-16+. The summed E-state index contributed by atoms with van der Waals surface area (Å²) in [7, 11) is 0. The van der Waals surface area contributed by atoms with Crippen LogP contribution in [0.5, 0.6) is 0 Å². The van der Waals surface area contributed by atoms with Crippen LogP contribution in [0.2, 0.25) is 0 Å². The van der Waals surface area contributed by atoms with Crippen LogP contribution in [0.3, 0.4) is 0 Å². The molecule has 0 bridgehead atoms. The van der Waals surface area contributed by atoms with Gasteiger partial charge in [-0.1, -0.05) is 42.5 Å². The number of halogens is 1. The van der Waals surface area contributed by atoms with E-state index >= 15 is 0 Å². The maximum absolute atomic E-state index is 13.4. The molecule has 0 saturated heterocycles. The normalized spacial score (nSPS) is 13.6. The zero-order chi connectivity index (χ0) is 25.8. The predicted molar refractivity (Wildman–Crippen MR) is 139 cm³/mol. The highest BCUT2D eigenvalue weighted by Gasteiger charge is 2.26. The maximum Gasteiger partial charge on any atom is 0.339 e. The van der Waals surface area contributed by atoms with Crippen molar-refractivity contribution in [3.05, 3.63) is 107 Å². The van der Waals surface area contributed by atoms with Gasteiger partial charge in [0, 0.05) is 5.39 Å². The first kappa shape index (κ1) is 23.9. The van der Waals surface area contributed by atoms with E-state index in [-0.39, 0.29) is 5.82 Å². The number of esters is 1. The first-order valence-corrected chi connectivity index (χ1v) is 11.9. The van der Waals surface area contributed by atoms with E-state index in [1.165, 1.54) is 12.1 Å². The second-order valence-electron chi connectivity index (χ2n) is 8.69. The molecule has 0 atom stereocenters. The first-order chi connectivity index (χ1) is 18.0. The zero-order valence-electron chi connectivity index (χ0n) is 19.8. The molecule has 0 aliphatic heterocycles. The highest BCUT2D eigenvalue weighted by atomic mass is 19.1. The number of nitrogens with one attached hydrogen (secondary N) is 1. The van der Waals surface area contributed by atoms with Crippen molar-refractivity contribution in [3.63, 3.8) is 0 Å². The number of allylic oxidation sites excluding steroid dienone is 1. The highest BCUT2D eigenvalue weighted by molar-refractivity contribution is 6.07. The minimum Gasteiger partial charge on any atom is -0.452 e. The Morgan fingerprint density at radius 2 is 1.78 bits per heavy atom. The summed E-state index contributed by atoms with van der Waals surface area (Å²) in [6.07, 6.45) is 4.19. The van der Waals surface area contributed by atoms with Crippen LogP contribution < -0.4 is 5.32 Å². The molecule has 3 aromatic carbocycles. The number of amides is 1. The van der Waals surface area contributed by atoms with Crippen LogP contribution >= 0.6 is 0 Å². The molecule has 5 rings (SSSR count). The monoisotopic (exact) mass is 491 g/mol. The van der Waals surface area contributed by atoms with Crippen molar-refractivity contribution in [1.82, 2.24) is 4.98 Å². The summed E-state index contributed by atoms with van der Waals surface area (Å²) in [6.45, 7) is -0.498. The third kappa shape index (κ3) is 5.09. The van der Waals surface area contributed by atoms with Gasteiger partial charge in [-0.2, -0.15) is 5.26 Å². The molecule has 182 valence electrons. The molecule has 0 fully saturated rings. The summed E-state index contributed by atoms with van der Waals surface area (Å²) < 4.78 is 18.8. The third-order valence-corrected chi connectivity index (χ3v) is 6.24. The fraction of sp³-hybridized carbons (Fsp3) is 0.133. The highest BCUT2D eigenvalue weighted by Crippen LogP contribution is 2.36. The van der Waals surface area contributed by atoms with Crippen LogP contribution in [0, 0.1) is 17.1 Å². The molecule has 0 saturated carbocycles. The van der Waals surface area contributed by atoms with Gasteiger partial charge in [-0.15, -0.1) is 0 Å². The van der Waals surface area contributed by atoms with Crippen molar-refractivity contribution in [3.8, 4) is 6.07 Å². The topological polar surface area (TPSA) is 92.1 Å². The lowest BCUT2D eigenvalue weighted by atomic mass is 9.86. The number of nitriles is 1. The Kier molecular flexibility index (Phi) is 6.73. The van der Waals surface area contributed by atoms with Gasteiger partial charge < -0.3 is 10.1 Å².